The molecule has 0 atom stereocenters. The van der Waals surface area contributed by atoms with Gasteiger partial charge in [-0.3, -0.25) is 19.7 Å². The van der Waals surface area contributed by atoms with Crippen LogP contribution in [0, 0.1) is 6.92 Å². The number of hydrogen-bond acceptors (Lipinski definition) is 5. The van der Waals surface area contributed by atoms with Crippen LogP contribution in [0.3, 0.4) is 0 Å². The Morgan fingerprint density at radius 3 is 2.92 bits per heavy atom. The van der Waals surface area contributed by atoms with Gasteiger partial charge >= 0.3 is 0 Å². The molecule has 0 bridgehead atoms. The third kappa shape index (κ3) is 2.66. The molecule has 7 nitrogen and oxygen atoms in total. The number of nitrogens with zero attached hydrogens (tertiary/aromatic N) is 4. The van der Waals surface area contributed by atoms with Crippen molar-refractivity contribution in [1.82, 2.24) is 19.4 Å². The predicted molar refractivity (Wildman–Crippen MR) is 96.9 cm³/mol. The van der Waals surface area contributed by atoms with Gasteiger partial charge in [0.2, 0.25) is 0 Å². The first-order chi connectivity index (χ1) is 12.1. The molecular formula is C17H19N5O2S. The fourth-order valence-electron chi connectivity index (χ4n) is 3.26. The van der Waals surface area contributed by atoms with Crippen molar-refractivity contribution in [2.45, 2.75) is 46.1 Å². The summed E-state index contributed by atoms with van der Waals surface area (Å²) in [5.74, 6) is 0.0574. The Morgan fingerprint density at radius 1 is 1.36 bits per heavy atom. The molecule has 0 radical (unpaired) electrons. The quantitative estimate of drug-likeness (QED) is 0.779. The molecule has 1 amide bonds. The van der Waals surface area contributed by atoms with E-state index in [0.717, 1.165) is 36.1 Å². The normalized spacial score (nSPS) is 13.8. The lowest BCUT2D eigenvalue weighted by molar-refractivity contribution is 0.100. The van der Waals surface area contributed by atoms with E-state index in [2.05, 4.69) is 15.5 Å². The topological polar surface area (TPSA) is 81.8 Å². The van der Waals surface area contributed by atoms with Gasteiger partial charge in [0.15, 0.2) is 5.69 Å². The summed E-state index contributed by atoms with van der Waals surface area (Å²) in [6, 6.07) is 1.64. The molecule has 3 heterocycles. The average molecular weight is 357 g/mol. The molecule has 0 aliphatic heterocycles. The maximum atomic E-state index is 13.0. The Balaban J connectivity index is 1.76. The van der Waals surface area contributed by atoms with Crippen molar-refractivity contribution in [3.8, 4) is 0 Å². The molecule has 0 saturated heterocycles. The summed E-state index contributed by atoms with van der Waals surface area (Å²) < 4.78 is 2.92. The van der Waals surface area contributed by atoms with Gasteiger partial charge < -0.3 is 0 Å². The molecule has 3 aromatic heterocycles. The number of rotatable bonds is 3. The van der Waals surface area contributed by atoms with Crippen LogP contribution < -0.4 is 11.0 Å². The number of nitrogens with one attached hydrogen (secondary N) is 1. The molecule has 0 unspecified atom stereocenters. The predicted octanol–water partition coefficient (Wildman–Crippen LogP) is 2.25. The SMILES string of the molecule is CCn1ccc(C(=O)Nn2c(C)nc3sc4c(c3c2=O)CCCC4)n1. The van der Waals surface area contributed by atoms with Crippen molar-refractivity contribution in [2.75, 3.05) is 5.43 Å². The maximum absolute atomic E-state index is 13.0. The van der Waals surface area contributed by atoms with Crippen molar-refractivity contribution >= 4 is 27.5 Å². The van der Waals surface area contributed by atoms with Crippen molar-refractivity contribution in [3.63, 3.8) is 0 Å². The summed E-state index contributed by atoms with van der Waals surface area (Å²) in [5, 5.41) is 4.83. The van der Waals surface area contributed by atoms with Crippen LogP contribution in [0.5, 0.6) is 0 Å². The van der Waals surface area contributed by atoms with Crippen molar-refractivity contribution < 1.29 is 4.79 Å². The molecule has 0 saturated carbocycles. The van der Waals surface area contributed by atoms with Gasteiger partial charge in [0, 0.05) is 17.6 Å². The van der Waals surface area contributed by atoms with Crippen LogP contribution in [0.1, 0.15) is 46.5 Å². The minimum atomic E-state index is -0.414. The molecule has 8 heteroatoms. The average Bonchev–Trinajstić information content (AvgIpc) is 3.22. The summed E-state index contributed by atoms with van der Waals surface area (Å²) in [6.45, 7) is 4.35. The number of amides is 1. The summed E-state index contributed by atoms with van der Waals surface area (Å²) in [6.07, 6.45) is 5.90. The molecule has 1 aliphatic rings. The number of thiophene rings is 1. The largest absolute Gasteiger partial charge is 0.290 e. The van der Waals surface area contributed by atoms with Crippen LogP contribution in [0.4, 0.5) is 0 Å². The van der Waals surface area contributed by atoms with Crippen LogP contribution >= 0.6 is 11.3 Å². The lowest BCUT2D eigenvalue weighted by atomic mass is 9.97. The number of aryl methyl sites for hydroxylation is 4. The Hall–Kier alpha value is -2.48. The van der Waals surface area contributed by atoms with E-state index in [1.165, 1.54) is 9.55 Å². The van der Waals surface area contributed by atoms with E-state index in [1.54, 1.807) is 35.2 Å². The molecule has 0 fully saturated rings. The van der Waals surface area contributed by atoms with E-state index in [1.807, 2.05) is 6.92 Å². The molecule has 3 aromatic rings. The fraction of sp³-hybridized carbons (Fsp3) is 0.412. The molecule has 25 heavy (non-hydrogen) atoms. The van der Waals surface area contributed by atoms with Crippen molar-refractivity contribution in [2.24, 2.45) is 0 Å². The lowest BCUT2D eigenvalue weighted by Crippen LogP contribution is -2.35. The minimum Gasteiger partial charge on any atom is -0.272 e. The smallest absolute Gasteiger partial charge is 0.272 e. The van der Waals surface area contributed by atoms with Crippen LogP contribution in [-0.2, 0) is 19.4 Å². The lowest BCUT2D eigenvalue weighted by Gasteiger charge is -2.12. The first-order valence-electron chi connectivity index (χ1n) is 8.47. The first kappa shape index (κ1) is 16.0. The number of hydrogen-bond donors (Lipinski definition) is 1. The second kappa shape index (κ2) is 6.11. The van der Waals surface area contributed by atoms with Gasteiger partial charge in [0.1, 0.15) is 10.7 Å². The molecule has 130 valence electrons. The van der Waals surface area contributed by atoms with E-state index in [0.29, 0.717) is 17.8 Å². The van der Waals surface area contributed by atoms with Gasteiger partial charge in [-0.2, -0.15) is 5.10 Å². The first-order valence-corrected chi connectivity index (χ1v) is 9.29. The molecule has 1 aliphatic carbocycles. The number of aromatic nitrogens is 4. The highest BCUT2D eigenvalue weighted by molar-refractivity contribution is 7.18. The van der Waals surface area contributed by atoms with Crippen molar-refractivity contribution in [3.05, 3.63) is 44.6 Å². The monoisotopic (exact) mass is 357 g/mol. The van der Waals surface area contributed by atoms with Gasteiger partial charge in [-0.1, -0.05) is 0 Å². The fourth-order valence-corrected chi connectivity index (χ4v) is 4.55. The van der Waals surface area contributed by atoms with E-state index in [-0.39, 0.29) is 11.3 Å². The second-order valence-corrected chi connectivity index (χ2v) is 7.27. The van der Waals surface area contributed by atoms with Gasteiger partial charge in [-0.25, -0.2) is 9.66 Å². The van der Waals surface area contributed by atoms with Crippen LogP contribution in [0.25, 0.3) is 10.2 Å². The number of fused-ring (bicyclic) bond motifs is 3. The summed E-state index contributed by atoms with van der Waals surface area (Å²) in [4.78, 5) is 32.0. The Bertz CT molecular complexity index is 1030. The highest BCUT2D eigenvalue weighted by atomic mass is 32.1. The zero-order valence-corrected chi connectivity index (χ0v) is 15.0. The van der Waals surface area contributed by atoms with Gasteiger partial charge in [0.25, 0.3) is 11.5 Å². The van der Waals surface area contributed by atoms with Gasteiger partial charge in [-0.15, -0.1) is 11.3 Å². The summed E-state index contributed by atoms with van der Waals surface area (Å²) in [7, 11) is 0. The Labute approximate surface area is 148 Å². The van der Waals surface area contributed by atoms with E-state index in [9.17, 15) is 9.59 Å². The van der Waals surface area contributed by atoms with Crippen LogP contribution in [0.15, 0.2) is 17.1 Å². The van der Waals surface area contributed by atoms with E-state index in [4.69, 9.17) is 0 Å². The van der Waals surface area contributed by atoms with Crippen LogP contribution in [0.2, 0.25) is 0 Å². The second-order valence-electron chi connectivity index (χ2n) is 6.19. The Kier molecular flexibility index (Phi) is 3.91. The number of carbonyl (C=O) groups is 1. The molecule has 0 aromatic carbocycles. The van der Waals surface area contributed by atoms with Crippen molar-refractivity contribution in [1.29, 1.82) is 0 Å². The summed E-state index contributed by atoms with van der Waals surface area (Å²) >= 11 is 1.61. The molecule has 1 N–H and O–H groups in total. The third-order valence-electron chi connectivity index (χ3n) is 4.57. The zero-order valence-electron chi connectivity index (χ0n) is 14.2. The highest BCUT2D eigenvalue weighted by Crippen LogP contribution is 2.33. The Morgan fingerprint density at radius 2 is 2.16 bits per heavy atom. The maximum Gasteiger partial charge on any atom is 0.290 e. The van der Waals surface area contributed by atoms with E-state index >= 15 is 0 Å². The van der Waals surface area contributed by atoms with Gasteiger partial charge in [-0.05, 0) is 51.2 Å². The minimum absolute atomic E-state index is 0.204. The number of carbonyl (C=O) groups excluding carboxylic acids is 1. The van der Waals surface area contributed by atoms with E-state index < -0.39 is 5.91 Å². The standard InChI is InChI=1S/C17H19N5O2S/c1-3-21-9-8-12(19-21)15(23)20-22-10(2)18-16-14(17(22)24)11-6-4-5-7-13(11)25-16/h8-9H,3-7H2,1-2H3,(H,20,23). The molecular weight excluding hydrogens is 338 g/mol. The molecule has 4 rings (SSSR count). The summed E-state index contributed by atoms with van der Waals surface area (Å²) in [5.41, 5.74) is 3.84. The highest BCUT2D eigenvalue weighted by Gasteiger charge is 2.22. The zero-order chi connectivity index (χ0) is 17.6. The molecule has 0 spiro atoms. The van der Waals surface area contributed by atoms with Crippen LogP contribution in [-0.4, -0.2) is 25.3 Å². The third-order valence-corrected chi connectivity index (χ3v) is 5.75. The van der Waals surface area contributed by atoms with Gasteiger partial charge in [0.05, 0.1) is 5.39 Å².